The second kappa shape index (κ2) is 17.7. The van der Waals surface area contributed by atoms with Gasteiger partial charge in [-0.1, -0.05) is 68.8 Å². The summed E-state index contributed by atoms with van der Waals surface area (Å²) in [5, 5.41) is 10.1. The first-order valence-electron chi connectivity index (χ1n) is 11.3. The monoisotopic (exact) mass is 409 g/mol. The molecule has 0 spiro atoms. The molecule has 3 heteroatoms. The molecule has 0 amide bonds. The molecular weight excluding hydrogens is 366 g/mol. The largest absolute Gasteiger partial charge is 0.308 e. The maximum Gasteiger partial charge on any atom is 0.0587 e. The van der Waals surface area contributed by atoms with Crippen LogP contribution in [-0.4, -0.2) is 49.6 Å². The minimum absolute atomic E-state index is 0.735. The van der Waals surface area contributed by atoms with Gasteiger partial charge in [0, 0.05) is 26.1 Å². The van der Waals surface area contributed by atoms with Crippen LogP contribution in [0.3, 0.4) is 0 Å². The summed E-state index contributed by atoms with van der Waals surface area (Å²) in [4.78, 5) is 5.05. The number of allylic oxidation sites excluding steroid dienone is 1. The van der Waals surface area contributed by atoms with E-state index in [-0.39, 0.29) is 0 Å². The third-order valence-electron chi connectivity index (χ3n) is 4.87. The molecule has 0 aromatic heterocycles. The van der Waals surface area contributed by atoms with Crippen molar-refractivity contribution >= 4 is 10.8 Å². The van der Waals surface area contributed by atoms with E-state index in [1.807, 2.05) is 20.8 Å². The molecule has 1 fully saturated rings. The van der Waals surface area contributed by atoms with E-state index in [4.69, 9.17) is 5.26 Å². The van der Waals surface area contributed by atoms with Crippen molar-refractivity contribution < 1.29 is 0 Å². The molecule has 166 valence electrons. The highest BCUT2D eigenvalue weighted by atomic mass is 15.2. The van der Waals surface area contributed by atoms with Crippen molar-refractivity contribution in [3.8, 4) is 6.07 Å². The van der Waals surface area contributed by atoms with E-state index < -0.39 is 0 Å². The van der Waals surface area contributed by atoms with Gasteiger partial charge in [0.1, 0.15) is 0 Å². The Morgan fingerprint density at radius 3 is 2.37 bits per heavy atom. The Bertz CT molecular complexity index is 725. The van der Waals surface area contributed by atoms with E-state index in [1.54, 1.807) is 12.1 Å². The van der Waals surface area contributed by atoms with E-state index in [2.05, 4.69) is 72.9 Å². The van der Waals surface area contributed by atoms with Crippen LogP contribution in [-0.2, 0) is 6.42 Å². The summed E-state index contributed by atoms with van der Waals surface area (Å²) in [6.45, 7) is 14.3. The number of piperidine rings is 1. The lowest BCUT2D eigenvalue weighted by atomic mass is 9.99. The van der Waals surface area contributed by atoms with Crippen molar-refractivity contribution in [3.63, 3.8) is 0 Å². The van der Waals surface area contributed by atoms with Gasteiger partial charge in [-0.05, 0) is 63.2 Å². The molecule has 1 heterocycles. The van der Waals surface area contributed by atoms with Gasteiger partial charge in [0.15, 0.2) is 0 Å². The summed E-state index contributed by atoms with van der Waals surface area (Å²) < 4.78 is 0. The first-order chi connectivity index (χ1) is 14.6. The first kappa shape index (κ1) is 27.8. The normalized spacial score (nSPS) is 15.5. The van der Waals surface area contributed by atoms with Crippen molar-refractivity contribution in [1.82, 2.24) is 9.80 Å². The zero-order valence-electron chi connectivity index (χ0n) is 20.2. The van der Waals surface area contributed by atoms with E-state index >= 15 is 0 Å². The number of rotatable bonds is 5. The molecule has 0 aliphatic carbocycles. The Morgan fingerprint density at radius 2 is 1.73 bits per heavy atom. The minimum Gasteiger partial charge on any atom is -0.308 e. The predicted molar refractivity (Wildman–Crippen MR) is 134 cm³/mol. The van der Waals surface area contributed by atoms with Gasteiger partial charge in [0.25, 0.3) is 0 Å². The van der Waals surface area contributed by atoms with Gasteiger partial charge >= 0.3 is 0 Å². The molecule has 1 atom stereocenters. The van der Waals surface area contributed by atoms with E-state index in [9.17, 15) is 0 Å². The van der Waals surface area contributed by atoms with Crippen LogP contribution < -0.4 is 0 Å². The average molecular weight is 410 g/mol. The van der Waals surface area contributed by atoms with Gasteiger partial charge in [0.2, 0.25) is 0 Å². The molecule has 1 aliphatic rings. The molecule has 0 N–H and O–H groups in total. The highest BCUT2D eigenvalue weighted by Crippen LogP contribution is 2.22. The Kier molecular flexibility index (Phi) is 16.4. The summed E-state index contributed by atoms with van der Waals surface area (Å²) in [6.07, 6.45) is 7.02. The highest BCUT2D eigenvalue weighted by molar-refractivity contribution is 5.85. The van der Waals surface area contributed by atoms with Crippen LogP contribution in [0.5, 0.6) is 0 Å². The number of likely N-dealkylation sites (N-methyl/N-ethyl adjacent to an activating group) is 1. The first-order valence-corrected chi connectivity index (χ1v) is 11.3. The lowest BCUT2D eigenvalue weighted by molar-refractivity contribution is 0.123. The van der Waals surface area contributed by atoms with Crippen LogP contribution in [0.25, 0.3) is 10.8 Å². The quantitative estimate of drug-likeness (QED) is 0.525. The van der Waals surface area contributed by atoms with Crippen molar-refractivity contribution in [2.24, 2.45) is 0 Å². The fourth-order valence-corrected chi connectivity index (χ4v) is 3.76. The van der Waals surface area contributed by atoms with Crippen LogP contribution in [0.15, 0.2) is 55.1 Å². The number of nitrogens with zero attached hydrogens (tertiary/aromatic N) is 3. The molecule has 2 aromatic rings. The molecule has 0 radical (unpaired) electrons. The molecule has 30 heavy (non-hydrogen) atoms. The second-order valence-electron chi connectivity index (χ2n) is 7.47. The van der Waals surface area contributed by atoms with Crippen LogP contribution in [0.1, 0.15) is 52.5 Å². The Labute approximate surface area is 186 Å². The standard InChI is InChI=1S/C20H28N2.C3H6.C2H3N.C2H6/c1-21(2)16-19-11-5-6-14-22(19)15-13-18-10-7-9-17-8-3-4-12-20(17)18;1-3-2;1-2-3;1-2/h3-4,7-10,12,19H,5-6,11,13-16H2,1-2H3;3H,1H2,2H3;1H3;1-2H3. The fraction of sp³-hybridized carbons (Fsp3) is 0.519. The third-order valence-corrected chi connectivity index (χ3v) is 4.87. The number of nitriles is 1. The fourth-order valence-electron chi connectivity index (χ4n) is 3.76. The van der Waals surface area contributed by atoms with Crippen LogP contribution in [0, 0.1) is 11.3 Å². The van der Waals surface area contributed by atoms with Gasteiger partial charge in [-0.3, -0.25) is 4.90 Å². The predicted octanol–water partition coefficient (Wildman–Crippen LogP) is 6.55. The topological polar surface area (TPSA) is 30.3 Å². The van der Waals surface area contributed by atoms with E-state index in [0.717, 1.165) is 12.5 Å². The Hall–Kier alpha value is -2.15. The van der Waals surface area contributed by atoms with Gasteiger partial charge in [0.05, 0.1) is 6.07 Å². The molecule has 0 saturated carbocycles. The lowest BCUT2D eigenvalue weighted by Gasteiger charge is -2.37. The molecule has 1 unspecified atom stereocenters. The lowest BCUT2D eigenvalue weighted by Crippen LogP contribution is -2.45. The van der Waals surface area contributed by atoms with Crippen molar-refractivity contribution in [1.29, 1.82) is 5.26 Å². The van der Waals surface area contributed by atoms with E-state index in [0.29, 0.717) is 0 Å². The maximum absolute atomic E-state index is 7.32. The molecule has 1 aliphatic heterocycles. The maximum atomic E-state index is 7.32. The number of fused-ring (bicyclic) bond motifs is 1. The summed E-state index contributed by atoms with van der Waals surface area (Å²) in [6, 6.07) is 18.0. The molecule has 3 rings (SSSR count). The molecule has 2 aromatic carbocycles. The molecule has 1 saturated heterocycles. The SMILES string of the molecule is C=CC.CC.CC#N.CN(C)CC1CCCCN1CCc1cccc2ccccc12. The zero-order valence-corrected chi connectivity index (χ0v) is 20.2. The summed E-state index contributed by atoms with van der Waals surface area (Å²) in [7, 11) is 4.38. The van der Waals surface area contributed by atoms with Crippen molar-refractivity contribution in [2.45, 2.75) is 59.4 Å². The summed E-state index contributed by atoms with van der Waals surface area (Å²) in [5.41, 5.74) is 1.49. The number of benzene rings is 2. The Balaban J connectivity index is 0.000000923. The van der Waals surface area contributed by atoms with Crippen LogP contribution in [0.4, 0.5) is 0 Å². The number of hydrogen-bond acceptors (Lipinski definition) is 3. The number of hydrogen-bond donors (Lipinski definition) is 0. The second-order valence-corrected chi connectivity index (χ2v) is 7.47. The van der Waals surface area contributed by atoms with Crippen molar-refractivity contribution in [3.05, 3.63) is 60.7 Å². The van der Waals surface area contributed by atoms with Crippen LogP contribution in [0.2, 0.25) is 0 Å². The number of likely N-dealkylation sites (tertiary alicyclic amines) is 1. The zero-order chi connectivity index (χ0) is 22.8. The van der Waals surface area contributed by atoms with Crippen molar-refractivity contribution in [2.75, 3.05) is 33.7 Å². The van der Waals surface area contributed by atoms with E-state index in [1.165, 1.54) is 62.2 Å². The summed E-state index contributed by atoms with van der Waals surface area (Å²) >= 11 is 0. The van der Waals surface area contributed by atoms with Gasteiger partial charge in [-0.2, -0.15) is 5.26 Å². The molecule has 0 bridgehead atoms. The van der Waals surface area contributed by atoms with Gasteiger partial charge in [-0.25, -0.2) is 0 Å². The molecule has 3 nitrogen and oxygen atoms in total. The average Bonchev–Trinajstić information content (AvgIpc) is 2.75. The molecular formula is C27H43N3. The minimum atomic E-state index is 0.735. The highest BCUT2D eigenvalue weighted by Gasteiger charge is 2.22. The third kappa shape index (κ3) is 10.6. The smallest absolute Gasteiger partial charge is 0.0587 e. The van der Waals surface area contributed by atoms with Gasteiger partial charge in [-0.15, -0.1) is 6.58 Å². The van der Waals surface area contributed by atoms with Crippen LogP contribution >= 0.6 is 0 Å². The van der Waals surface area contributed by atoms with Gasteiger partial charge < -0.3 is 4.90 Å². The summed E-state index contributed by atoms with van der Waals surface area (Å²) in [5.74, 6) is 0. The Morgan fingerprint density at radius 1 is 1.13 bits per heavy atom.